The van der Waals surface area contributed by atoms with Crippen LogP contribution in [0.5, 0.6) is 0 Å². The Kier molecular flexibility index (Phi) is 4.84. The summed E-state index contributed by atoms with van der Waals surface area (Å²) in [5.74, 6) is 0.0740. The van der Waals surface area contributed by atoms with Crippen molar-refractivity contribution < 1.29 is 9.59 Å². The van der Waals surface area contributed by atoms with E-state index in [0.29, 0.717) is 29.9 Å². The number of aromatic nitrogens is 3. The van der Waals surface area contributed by atoms with Crippen LogP contribution in [0.15, 0.2) is 43.1 Å². The Hall–Kier alpha value is -3.42. The van der Waals surface area contributed by atoms with Crippen LogP contribution in [0.4, 0.5) is 11.5 Å². The molecule has 0 unspecified atom stereocenters. The van der Waals surface area contributed by atoms with Crippen molar-refractivity contribution in [2.24, 2.45) is 5.92 Å². The maximum atomic E-state index is 13.2. The minimum Gasteiger partial charge on any atom is -0.383 e. The number of carbonyl (C=O) groups is 2. The first-order chi connectivity index (χ1) is 15.0. The zero-order valence-electron chi connectivity index (χ0n) is 17.5. The predicted octanol–water partition coefficient (Wildman–Crippen LogP) is 3.13. The lowest BCUT2D eigenvalue weighted by atomic mass is 9.90. The minimum absolute atomic E-state index is 0.146. The van der Waals surface area contributed by atoms with Gasteiger partial charge in [0.05, 0.1) is 36.0 Å². The molecule has 3 aromatic rings. The zero-order valence-corrected chi connectivity index (χ0v) is 17.5. The van der Waals surface area contributed by atoms with Crippen LogP contribution in [0.1, 0.15) is 55.7 Å². The Morgan fingerprint density at radius 3 is 2.81 bits per heavy atom. The van der Waals surface area contributed by atoms with Gasteiger partial charge >= 0.3 is 11.8 Å². The van der Waals surface area contributed by atoms with Crippen LogP contribution in [-0.2, 0) is 9.59 Å². The summed E-state index contributed by atoms with van der Waals surface area (Å²) in [6.45, 7) is 2.66. The molecule has 0 bridgehead atoms. The normalized spacial score (nSPS) is 21.3. The highest BCUT2D eigenvalue weighted by Gasteiger charge is 2.34. The first-order valence-electron chi connectivity index (χ1n) is 10.8. The van der Waals surface area contributed by atoms with Crippen LogP contribution >= 0.6 is 0 Å². The molecular weight excluding hydrogens is 392 g/mol. The number of hydrogen-bond donors (Lipinski definition) is 2. The number of nitrogens with zero attached hydrogens (tertiary/aromatic N) is 4. The molecule has 2 atom stereocenters. The van der Waals surface area contributed by atoms with Gasteiger partial charge in [0.15, 0.2) is 0 Å². The number of nitrogens with one attached hydrogen (secondary N) is 1. The fourth-order valence-electron chi connectivity index (χ4n) is 4.45. The van der Waals surface area contributed by atoms with Crippen LogP contribution in [0.25, 0.3) is 5.52 Å². The number of anilines is 2. The number of pyridine rings is 2. The summed E-state index contributed by atoms with van der Waals surface area (Å²) < 4.78 is 1.94. The molecule has 2 fully saturated rings. The molecule has 0 radical (unpaired) electrons. The van der Waals surface area contributed by atoms with E-state index in [4.69, 9.17) is 5.73 Å². The Balaban J connectivity index is 1.37. The van der Waals surface area contributed by atoms with E-state index in [2.05, 4.69) is 22.2 Å². The van der Waals surface area contributed by atoms with Crippen LogP contribution in [0, 0.1) is 5.92 Å². The van der Waals surface area contributed by atoms with Crippen molar-refractivity contribution in [2.75, 3.05) is 17.6 Å². The number of carbonyl (C=O) groups excluding carboxylic acids is 2. The zero-order chi connectivity index (χ0) is 21.5. The van der Waals surface area contributed by atoms with Gasteiger partial charge in [-0.05, 0) is 60.8 Å². The molecule has 2 amide bonds. The monoisotopic (exact) mass is 418 g/mol. The van der Waals surface area contributed by atoms with E-state index in [1.54, 1.807) is 17.4 Å². The molecule has 2 aliphatic rings. The maximum absolute atomic E-state index is 13.2. The number of rotatable bonds is 3. The molecule has 31 heavy (non-hydrogen) atoms. The lowest BCUT2D eigenvalue weighted by molar-refractivity contribution is -0.146. The van der Waals surface area contributed by atoms with Crippen molar-refractivity contribution in [2.45, 2.75) is 44.6 Å². The summed E-state index contributed by atoms with van der Waals surface area (Å²) in [6, 6.07) is 5.70. The molecule has 3 N–H and O–H groups in total. The second-order valence-electron chi connectivity index (χ2n) is 8.77. The van der Waals surface area contributed by atoms with E-state index >= 15 is 0 Å². The van der Waals surface area contributed by atoms with Crippen LogP contribution in [0.2, 0.25) is 0 Å². The third kappa shape index (κ3) is 3.85. The molecular formula is C23H26N6O2. The Labute approximate surface area is 180 Å². The van der Waals surface area contributed by atoms with E-state index in [-0.39, 0.29) is 6.04 Å². The highest BCUT2D eigenvalue weighted by Crippen LogP contribution is 2.42. The van der Waals surface area contributed by atoms with E-state index in [0.717, 1.165) is 42.3 Å². The fourth-order valence-corrected chi connectivity index (χ4v) is 4.45. The Morgan fingerprint density at radius 2 is 2.00 bits per heavy atom. The van der Waals surface area contributed by atoms with Gasteiger partial charge in [-0.2, -0.15) is 0 Å². The second kappa shape index (κ2) is 7.68. The van der Waals surface area contributed by atoms with E-state index in [1.165, 1.54) is 6.20 Å². The minimum atomic E-state index is -0.642. The average molecular weight is 419 g/mol. The number of amides is 2. The lowest BCUT2D eigenvalue weighted by Crippen LogP contribution is -2.46. The molecule has 1 saturated heterocycles. The van der Waals surface area contributed by atoms with Gasteiger partial charge in [-0.1, -0.05) is 13.0 Å². The molecule has 0 spiro atoms. The number of piperidine rings is 1. The van der Waals surface area contributed by atoms with Gasteiger partial charge < -0.3 is 20.4 Å². The number of imidazole rings is 1. The molecule has 160 valence electrons. The summed E-state index contributed by atoms with van der Waals surface area (Å²) >= 11 is 0. The van der Waals surface area contributed by atoms with Crippen molar-refractivity contribution in [3.05, 3.63) is 54.2 Å². The average Bonchev–Trinajstić information content (AvgIpc) is 3.50. The lowest BCUT2D eigenvalue weighted by Gasteiger charge is -2.38. The highest BCUT2D eigenvalue weighted by molar-refractivity contribution is 6.39. The van der Waals surface area contributed by atoms with Gasteiger partial charge in [-0.15, -0.1) is 0 Å². The maximum Gasteiger partial charge on any atom is 0.313 e. The molecule has 4 heterocycles. The molecule has 1 aliphatic heterocycles. The van der Waals surface area contributed by atoms with Crippen LogP contribution in [0.3, 0.4) is 0 Å². The van der Waals surface area contributed by atoms with Crippen LogP contribution < -0.4 is 11.1 Å². The van der Waals surface area contributed by atoms with Gasteiger partial charge in [0.1, 0.15) is 5.82 Å². The largest absolute Gasteiger partial charge is 0.383 e. The first-order valence-corrected chi connectivity index (χ1v) is 10.8. The highest BCUT2D eigenvalue weighted by atomic mass is 16.2. The van der Waals surface area contributed by atoms with Crippen molar-refractivity contribution in [1.82, 2.24) is 19.3 Å². The number of nitrogen functional groups attached to an aromatic ring is 1. The quantitative estimate of drug-likeness (QED) is 0.636. The standard InChI is InChI=1S/C23H26N6O2/c1-14-2-7-20(16-5-6-18-10-25-13-28(18)12-16)29(11-14)23(31)22(30)27-17-8-19(15-3-4-15)21(24)26-9-17/h5-6,8-10,12-15,20H,2-4,7,11H2,1H3,(H2,24,26)(H,27,30)/t14-,20+/m0/s1. The van der Waals surface area contributed by atoms with E-state index in [1.807, 2.05) is 28.8 Å². The molecule has 8 nitrogen and oxygen atoms in total. The third-order valence-electron chi connectivity index (χ3n) is 6.31. The summed E-state index contributed by atoms with van der Waals surface area (Å²) in [5.41, 5.74) is 9.41. The summed E-state index contributed by atoms with van der Waals surface area (Å²) in [7, 11) is 0. The number of likely N-dealkylation sites (tertiary alicyclic amines) is 1. The van der Waals surface area contributed by atoms with Gasteiger partial charge in [0.2, 0.25) is 0 Å². The van der Waals surface area contributed by atoms with E-state index in [9.17, 15) is 9.59 Å². The van der Waals surface area contributed by atoms with Crippen molar-refractivity contribution in [3.8, 4) is 0 Å². The van der Waals surface area contributed by atoms with Crippen molar-refractivity contribution in [3.63, 3.8) is 0 Å². The third-order valence-corrected chi connectivity index (χ3v) is 6.31. The van der Waals surface area contributed by atoms with E-state index < -0.39 is 11.8 Å². The molecule has 1 aliphatic carbocycles. The van der Waals surface area contributed by atoms with Crippen LogP contribution in [-0.4, -0.2) is 37.6 Å². The number of fused-ring (bicyclic) bond motifs is 1. The predicted molar refractivity (Wildman–Crippen MR) is 117 cm³/mol. The summed E-state index contributed by atoms with van der Waals surface area (Å²) in [4.78, 5) is 36.1. The molecule has 5 rings (SSSR count). The van der Waals surface area contributed by atoms with Gasteiger partial charge in [-0.3, -0.25) is 9.59 Å². The van der Waals surface area contributed by atoms with Gasteiger partial charge in [0.25, 0.3) is 0 Å². The topological polar surface area (TPSA) is 106 Å². The first kappa shape index (κ1) is 19.5. The molecule has 8 heteroatoms. The van der Waals surface area contributed by atoms with Crippen molar-refractivity contribution in [1.29, 1.82) is 0 Å². The number of hydrogen-bond acceptors (Lipinski definition) is 5. The fraction of sp³-hybridized carbons (Fsp3) is 0.391. The van der Waals surface area contributed by atoms with Gasteiger partial charge in [0, 0.05) is 12.7 Å². The molecule has 0 aromatic carbocycles. The van der Waals surface area contributed by atoms with Gasteiger partial charge in [-0.25, -0.2) is 9.97 Å². The summed E-state index contributed by atoms with van der Waals surface area (Å²) in [5, 5.41) is 2.74. The SMILES string of the molecule is C[C@H]1CC[C@H](c2ccc3cncn3c2)N(C(=O)C(=O)Nc2cnc(N)c(C3CC3)c2)C1. The summed E-state index contributed by atoms with van der Waals surface area (Å²) in [6.07, 6.45) is 11.0. The number of nitrogens with two attached hydrogens (primary N) is 1. The van der Waals surface area contributed by atoms with Crippen molar-refractivity contribution >= 4 is 28.8 Å². The molecule has 3 aromatic heterocycles. The Morgan fingerprint density at radius 1 is 1.16 bits per heavy atom. The Bertz CT molecular complexity index is 1150. The second-order valence-corrected chi connectivity index (χ2v) is 8.77. The molecule has 1 saturated carbocycles. The smallest absolute Gasteiger partial charge is 0.313 e.